The lowest BCUT2D eigenvalue weighted by atomic mass is 10.1. The molecule has 5 heteroatoms. The lowest BCUT2D eigenvalue weighted by Crippen LogP contribution is -2.16. The SMILES string of the molecule is O=C(O)CCCCCCC/C=C\CCCCCCNCCCCCC/C=C\CCCCCCCC(=O)O. The summed E-state index contributed by atoms with van der Waals surface area (Å²) in [6.07, 6.45) is 36.2. The second-order valence-corrected chi connectivity index (χ2v) is 10.5. The fourth-order valence-electron chi connectivity index (χ4n) is 4.47. The summed E-state index contributed by atoms with van der Waals surface area (Å²) in [6.45, 7) is 2.31. The Balaban J connectivity index is 3.14. The summed E-state index contributed by atoms with van der Waals surface area (Å²) < 4.78 is 0. The fourth-order valence-corrected chi connectivity index (χ4v) is 4.47. The Morgan fingerprint density at radius 3 is 1.00 bits per heavy atom. The summed E-state index contributed by atoms with van der Waals surface area (Å²) in [4.78, 5) is 20.9. The first-order valence-corrected chi connectivity index (χ1v) is 15.6. The van der Waals surface area contributed by atoms with E-state index >= 15 is 0 Å². The Labute approximate surface area is 228 Å². The molecule has 0 heterocycles. The zero-order valence-electron chi connectivity index (χ0n) is 23.9. The van der Waals surface area contributed by atoms with Gasteiger partial charge in [-0.2, -0.15) is 0 Å². The molecule has 0 aromatic rings. The van der Waals surface area contributed by atoms with Crippen LogP contribution in [0, 0.1) is 0 Å². The number of nitrogens with one attached hydrogen (secondary N) is 1. The Kier molecular flexibility index (Phi) is 29.3. The molecule has 0 aliphatic rings. The topological polar surface area (TPSA) is 86.6 Å². The van der Waals surface area contributed by atoms with Crippen LogP contribution in [0.4, 0.5) is 0 Å². The van der Waals surface area contributed by atoms with Crippen LogP contribution in [0.15, 0.2) is 24.3 Å². The monoisotopic (exact) mass is 521 g/mol. The number of rotatable bonds is 30. The smallest absolute Gasteiger partial charge is 0.303 e. The molecular weight excluding hydrogens is 462 g/mol. The van der Waals surface area contributed by atoms with E-state index in [0.29, 0.717) is 12.8 Å². The molecule has 0 bridgehead atoms. The van der Waals surface area contributed by atoms with Gasteiger partial charge < -0.3 is 15.5 Å². The number of hydrogen-bond donors (Lipinski definition) is 3. The maximum Gasteiger partial charge on any atom is 0.303 e. The molecule has 0 rings (SSSR count). The maximum absolute atomic E-state index is 10.4. The fraction of sp³-hybridized carbons (Fsp3) is 0.812. The van der Waals surface area contributed by atoms with Crippen LogP contribution in [-0.2, 0) is 9.59 Å². The molecule has 0 aromatic carbocycles. The van der Waals surface area contributed by atoms with Crippen molar-refractivity contribution in [2.45, 2.75) is 154 Å². The van der Waals surface area contributed by atoms with Gasteiger partial charge in [0.2, 0.25) is 0 Å². The van der Waals surface area contributed by atoms with Crippen molar-refractivity contribution >= 4 is 11.9 Å². The normalized spacial score (nSPS) is 11.7. The van der Waals surface area contributed by atoms with Crippen LogP contribution in [0.5, 0.6) is 0 Å². The van der Waals surface area contributed by atoms with E-state index in [1.165, 1.54) is 103 Å². The second-order valence-electron chi connectivity index (χ2n) is 10.5. The molecule has 0 saturated heterocycles. The molecular formula is C32H59NO4. The van der Waals surface area contributed by atoms with Crippen molar-refractivity contribution in [1.82, 2.24) is 5.32 Å². The molecule has 216 valence electrons. The van der Waals surface area contributed by atoms with Crippen molar-refractivity contribution < 1.29 is 19.8 Å². The van der Waals surface area contributed by atoms with Gasteiger partial charge in [0, 0.05) is 12.8 Å². The molecule has 0 unspecified atom stereocenters. The lowest BCUT2D eigenvalue weighted by molar-refractivity contribution is -0.138. The Morgan fingerprint density at radius 2 is 0.676 bits per heavy atom. The first-order chi connectivity index (χ1) is 18.1. The van der Waals surface area contributed by atoms with Crippen molar-refractivity contribution in [3.8, 4) is 0 Å². The summed E-state index contributed by atoms with van der Waals surface area (Å²) in [5, 5.41) is 20.8. The van der Waals surface area contributed by atoms with E-state index in [9.17, 15) is 9.59 Å². The van der Waals surface area contributed by atoms with Crippen molar-refractivity contribution in [1.29, 1.82) is 0 Å². The molecule has 3 N–H and O–H groups in total. The number of unbranched alkanes of at least 4 members (excludes halogenated alkanes) is 18. The Morgan fingerprint density at radius 1 is 0.405 bits per heavy atom. The quantitative estimate of drug-likeness (QED) is 0.0647. The zero-order valence-corrected chi connectivity index (χ0v) is 23.9. The Bertz CT molecular complexity index is 511. The van der Waals surface area contributed by atoms with Crippen molar-refractivity contribution in [2.24, 2.45) is 0 Å². The highest BCUT2D eigenvalue weighted by Crippen LogP contribution is 2.10. The predicted molar refractivity (Wildman–Crippen MR) is 157 cm³/mol. The van der Waals surface area contributed by atoms with E-state index in [1.54, 1.807) is 0 Å². The molecule has 0 saturated carbocycles. The van der Waals surface area contributed by atoms with Gasteiger partial charge in [-0.1, -0.05) is 88.5 Å². The van der Waals surface area contributed by atoms with Crippen molar-refractivity contribution in [3.05, 3.63) is 24.3 Å². The average molecular weight is 522 g/mol. The Hall–Kier alpha value is -1.62. The molecule has 0 fully saturated rings. The van der Waals surface area contributed by atoms with Crippen LogP contribution in [0.2, 0.25) is 0 Å². The summed E-state index contributed by atoms with van der Waals surface area (Å²) in [5.41, 5.74) is 0. The highest BCUT2D eigenvalue weighted by molar-refractivity contribution is 5.66. The highest BCUT2D eigenvalue weighted by atomic mass is 16.4. The summed E-state index contributed by atoms with van der Waals surface area (Å²) in [6, 6.07) is 0. The number of aliphatic carboxylic acids is 2. The van der Waals surface area contributed by atoms with Gasteiger partial charge in [-0.05, 0) is 90.1 Å². The van der Waals surface area contributed by atoms with Crippen LogP contribution in [0.3, 0.4) is 0 Å². The number of carboxylic acid groups (broad SMARTS) is 2. The van der Waals surface area contributed by atoms with Crippen LogP contribution in [-0.4, -0.2) is 35.2 Å². The molecule has 0 radical (unpaired) electrons. The van der Waals surface area contributed by atoms with Gasteiger partial charge in [-0.25, -0.2) is 0 Å². The van der Waals surface area contributed by atoms with Crippen molar-refractivity contribution in [3.63, 3.8) is 0 Å². The van der Waals surface area contributed by atoms with E-state index in [2.05, 4.69) is 29.6 Å². The van der Waals surface area contributed by atoms with Crippen LogP contribution < -0.4 is 5.32 Å². The molecule has 0 aliphatic carbocycles. The number of carboxylic acids is 2. The number of allylic oxidation sites excluding steroid dienone is 4. The third-order valence-electron chi connectivity index (χ3n) is 6.80. The summed E-state index contributed by atoms with van der Waals surface area (Å²) in [7, 11) is 0. The third kappa shape index (κ3) is 34.4. The van der Waals surface area contributed by atoms with Gasteiger partial charge in [0.1, 0.15) is 0 Å². The molecule has 0 amide bonds. The maximum atomic E-state index is 10.4. The van der Waals surface area contributed by atoms with E-state index < -0.39 is 11.9 Å². The van der Waals surface area contributed by atoms with Gasteiger partial charge in [-0.15, -0.1) is 0 Å². The largest absolute Gasteiger partial charge is 0.481 e. The molecule has 5 nitrogen and oxygen atoms in total. The number of hydrogen-bond acceptors (Lipinski definition) is 3. The molecule has 37 heavy (non-hydrogen) atoms. The molecule has 0 aliphatic heterocycles. The minimum absolute atomic E-state index is 0.318. The van der Waals surface area contributed by atoms with Gasteiger partial charge in [-0.3, -0.25) is 9.59 Å². The van der Waals surface area contributed by atoms with Crippen LogP contribution >= 0.6 is 0 Å². The van der Waals surface area contributed by atoms with Gasteiger partial charge in [0.25, 0.3) is 0 Å². The van der Waals surface area contributed by atoms with Gasteiger partial charge >= 0.3 is 11.9 Å². The van der Waals surface area contributed by atoms with E-state index in [4.69, 9.17) is 10.2 Å². The number of carbonyl (C=O) groups is 2. The van der Waals surface area contributed by atoms with E-state index in [1.807, 2.05) is 0 Å². The van der Waals surface area contributed by atoms with E-state index in [-0.39, 0.29) is 0 Å². The first-order valence-electron chi connectivity index (χ1n) is 15.6. The lowest BCUT2D eigenvalue weighted by Gasteiger charge is -2.04. The molecule has 0 spiro atoms. The second kappa shape index (κ2) is 30.6. The third-order valence-corrected chi connectivity index (χ3v) is 6.80. The van der Waals surface area contributed by atoms with Gasteiger partial charge in [0.15, 0.2) is 0 Å². The first kappa shape index (κ1) is 35.4. The minimum atomic E-state index is -0.672. The van der Waals surface area contributed by atoms with E-state index in [0.717, 1.165) is 51.6 Å². The summed E-state index contributed by atoms with van der Waals surface area (Å²) >= 11 is 0. The van der Waals surface area contributed by atoms with Gasteiger partial charge in [0.05, 0.1) is 0 Å². The average Bonchev–Trinajstić information content (AvgIpc) is 2.87. The van der Waals surface area contributed by atoms with Crippen LogP contribution in [0.25, 0.3) is 0 Å². The summed E-state index contributed by atoms with van der Waals surface area (Å²) in [5.74, 6) is -1.34. The highest BCUT2D eigenvalue weighted by Gasteiger charge is 1.97. The molecule has 0 aromatic heterocycles. The minimum Gasteiger partial charge on any atom is -0.481 e. The van der Waals surface area contributed by atoms with Crippen LogP contribution in [0.1, 0.15) is 154 Å². The zero-order chi connectivity index (χ0) is 27.1. The molecule has 0 atom stereocenters. The predicted octanol–water partition coefficient (Wildman–Crippen LogP) is 9.22. The standard InChI is InChI=1S/C32H59NO4/c34-31(35)27-23-19-15-11-7-3-1-5-9-13-17-21-25-29-33-30-26-22-18-14-10-6-2-4-8-12-16-20-24-28-32(36)37/h1-2,5-6,33H,3-4,7-30H2,(H,34,35)(H,36,37)/b5-1-,6-2-. The van der Waals surface area contributed by atoms with Crippen molar-refractivity contribution in [2.75, 3.05) is 13.1 Å².